The number of hydrogen-bond donors (Lipinski definition) is 1. The number of benzene rings is 1. The molecule has 0 aliphatic carbocycles. The molecule has 0 fully saturated rings. The van der Waals surface area contributed by atoms with E-state index in [1.807, 2.05) is 18.2 Å². The first-order valence-corrected chi connectivity index (χ1v) is 9.49. The molecule has 1 amide bonds. The fraction of sp³-hybridized carbons (Fsp3) is 0.167. The molecule has 1 aromatic carbocycles. The summed E-state index contributed by atoms with van der Waals surface area (Å²) in [4.78, 5) is 22.3. The summed E-state index contributed by atoms with van der Waals surface area (Å²) in [5.74, 6) is 1.39. The number of nitrogens with one attached hydrogen (secondary N) is 1. The molecule has 1 aliphatic rings. The number of hydrogen-bond acceptors (Lipinski definition) is 5. The van der Waals surface area contributed by atoms with Crippen LogP contribution >= 0.6 is 23.1 Å². The van der Waals surface area contributed by atoms with Gasteiger partial charge in [-0.25, -0.2) is 9.97 Å². The van der Waals surface area contributed by atoms with Crippen LogP contribution in [-0.4, -0.2) is 21.6 Å². The van der Waals surface area contributed by atoms with E-state index in [2.05, 4.69) is 41.3 Å². The average Bonchev–Trinajstić information content (AvgIpc) is 3.06. The summed E-state index contributed by atoms with van der Waals surface area (Å²) in [5.41, 5.74) is 2.61. The van der Waals surface area contributed by atoms with E-state index in [-0.39, 0.29) is 5.91 Å². The molecule has 0 radical (unpaired) electrons. The maximum atomic E-state index is 12.4. The molecule has 0 saturated carbocycles. The molecule has 6 heteroatoms. The van der Waals surface area contributed by atoms with Crippen LogP contribution in [0.3, 0.4) is 0 Å². The standard InChI is InChI=1S/C18H15N3OS2/c1-3-23-18-19-9-13-12(17(22)20-16(13)21-18)8-15-10(2)11-6-4-5-7-14(11)24-15/h4-9H,3H2,1-2H3,(H,19,20,21,22). The molecule has 0 saturated heterocycles. The smallest absolute Gasteiger partial charge is 0.257 e. The Labute approximate surface area is 148 Å². The zero-order valence-corrected chi connectivity index (χ0v) is 14.9. The van der Waals surface area contributed by atoms with Gasteiger partial charge in [-0.1, -0.05) is 36.9 Å². The minimum atomic E-state index is -0.116. The second-order valence-corrected chi connectivity index (χ2v) is 7.76. The number of aryl methyl sites for hydroxylation is 1. The Kier molecular flexibility index (Phi) is 3.86. The lowest BCUT2D eigenvalue weighted by Gasteiger charge is -2.00. The number of rotatable bonds is 3. The second kappa shape index (κ2) is 6.03. The molecule has 0 atom stereocenters. The third-order valence-corrected chi connectivity index (χ3v) is 5.93. The maximum absolute atomic E-state index is 12.4. The van der Waals surface area contributed by atoms with E-state index in [0.29, 0.717) is 16.5 Å². The SMILES string of the molecule is CCSc1ncc2c(n1)NC(=O)C2=Cc1sc2ccccc2c1C. The molecule has 3 heterocycles. The predicted octanol–water partition coefficient (Wildman–Crippen LogP) is 4.60. The number of amides is 1. The van der Waals surface area contributed by atoms with Crippen molar-refractivity contribution >= 4 is 56.6 Å². The lowest BCUT2D eigenvalue weighted by molar-refractivity contribution is -0.110. The summed E-state index contributed by atoms with van der Waals surface area (Å²) in [7, 11) is 0. The van der Waals surface area contributed by atoms with E-state index < -0.39 is 0 Å². The average molecular weight is 353 g/mol. The quantitative estimate of drug-likeness (QED) is 0.425. The van der Waals surface area contributed by atoms with Crippen molar-refractivity contribution in [3.05, 3.63) is 46.5 Å². The topological polar surface area (TPSA) is 54.9 Å². The third kappa shape index (κ3) is 2.52. The largest absolute Gasteiger partial charge is 0.306 e. The Balaban J connectivity index is 1.80. The monoisotopic (exact) mass is 353 g/mol. The Morgan fingerprint density at radius 2 is 2.17 bits per heavy atom. The van der Waals surface area contributed by atoms with Gasteiger partial charge in [-0.05, 0) is 35.8 Å². The van der Waals surface area contributed by atoms with E-state index in [4.69, 9.17) is 0 Å². The molecule has 4 nitrogen and oxygen atoms in total. The van der Waals surface area contributed by atoms with Gasteiger partial charge >= 0.3 is 0 Å². The minimum absolute atomic E-state index is 0.116. The molecule has 2 aromatic heterocycles. The van der Waals surface area contributed by atoms with Crippen LogP contribution in [0.15, 0.2) is 35.6 Å². The van der Waals surface area contributed by atoms with Gasteiger partial charge in [0.1, 0.15) is 5.82 Å². The van der Waals surface area contributed by atoms with Crippen LogP contribution in [0.4, 0.5) is 5.82 Å². The maximum Gasteiger partial charge on any atom is 0.257 e. The van der Waals surface area contributed by atoms with Crippen LogP contribution in [-0.2, 0) is 4.79 Å². The van der Waals surface area contributed by atoms with Gasteiger partial charge in [-0.3, -0.25) is 4.79 Å². The van der Waals surface area contributed by atoms with Gasteiger partial charge < -0.3 is 5.32 Å². The van der Waals surface area contributed by atoms with Crippen molar-refractivity contribution < 1.29 is 4.79 Å². The van der Waals surface area contributed by atoms with E-state index in [1.165, 1.54) is 15.6 Å². The Morgan fingerprint density at radius 3 is 2.96 bits per heavy atom. The van der Waals surface area contributed by atoms with Crippen molar-refractivity contribution in [2.75, 3.05) is 11.1 Å². The van der Waals surface area contributed by atoms with Crippen LogP contribution in [0.1, 0.15) is 22.9 Å². The van der Waals surface area contributed by atoms with Gasteiger partial charge in [0.15, 0.2) is 5.16 Å². The molecule has 4 rings (SSSR count). The lowest BCUT2D eigenvalue weighted by atomic mass is 10.1. The van der Waals surface area contributed by atoms with Crippen LogP contribution in [0.5, 0.6) is 0 Å². The number of nitrogens with zero attached hydrogens (tertiary/aromatic N) is 2. The van der Waals surface area contributed by atoms with E-state index >= 15 is 0 Å². The molecule has 0 bridgehead atoms. The summed E-state index contributed by atoms with van der Waals surface area (Å²) in [6, 6.07) is 8.29. The lowest BCUT2D eigenvalue weighted by Crippen LogP contribution is -2.04. The number of thioether (sulfide) groups is 1. The Morgan fingerprint density at radius 1 is 1.33 bits per heavy atom. The molecular weight excluding hydrogens is 338 g/mol. The number of anilines is 1. The van der Waals surface area contributed by atoms with Crippen molar-refractivity contribution in [3.8, 4) is 0 Å². The highest BCUT2D eigenvalue weighted by atomic mass is 32.2. The molecule has 0 unspecified atom stereocenters. The summed E-state index contributed by atoms with van der Waals surface area (Å²) >= 11 is 3.26. The summed E-state index contributed by atoms with van der Waals surface area (Å²) in [5, 5.41) is 4.78. The minimum Gasteiger partial charge on any atom is -0.306 e. The predicted molar refractivity (Wildman–Crippen MR) is 101 cm³/mol. The number of carbonyl (C=O) groups excluding carboxylic acids is 1. The first-order valence-electron chi connectivity index (χ1n) is 7.68. The van der Waals surface area contributed by atoms with Gasteiger partial charge in [0, 0.05) is 21.3 Å². The molecule has 120 valence electrons. The van der Waals surface area contributed by atoms with Crippen LogP contribution in [0.2, 0.25) is 0 Å². The molecule has 1 N–H and O–H groups in total. The van der Waals surface area contributed by atoms with Gasteiger partial charge in [-0.15, -0.1) is 11.3 Å². The van der Waals surface area contributed by atoms with E-state index in [1.54, 1.807) is 29.3 Å². The third-order valence-electron chi connectivity index (χ3n) is 3.96. The molecule has 0 spiro atoms. The summed E-state index contributed by atoms with van der Waals surface area (Å²) in [6.45, 7) is 4.14. The van der Waals surface area contributed by atoms with Gasteiger partial charge in [0.25, 0.3) is 5.91 Å². The Bertz CT molecular complexity index is 991. The highest BCUT2D eigenvalue weighted by Crippen LogP contribution is 2.37. The number of aromatic nitrogens is 2. The van der Waals surface area contributed by atoms with Gasteiger partial charge in [0.2, 0.25) is 0 Å². The highest BCUT2D eigenvalue weighted by molar-refractivity contribution is 7.99. The van der Waals surface area contributed by atoms with Crippen LogP contribution in [0.25, 0.3) is 21.7 Å². The first kappa shape index (κ1) is 15.4. The normalized spacial score (nSPS) is 15.1. The van der Waals surface area contributed by atoms with Gasteiger partial charge in [-0.2, -0.15) is 0 Å². The zero-order valence-electron chi connectivity index (χ0n) is 13.3. The highest BCUT2D eigenvalue weighted by Gasteiger charge is 2.27. The molecule has 3 aromatic rings. The first-order chi connectivity index (χ1) is 11.7. The summed E-state index contributed by atoms with van der Waals surface area (Å²) in [6.07, 6.45) is 3.70. The van der Waals surface area contributed by atoms with Crippen LogP contribution < -0.4 is 5.32 Å². The van der Waals surface area contributed by atoms with E-state index in [0.717, 1.165) is 16.2 Å². The van der Waals surface area contributed by atoms with Crippen molar-refractivity contribution in [1.29, 1.82) is 0 Å². The fourth-order valence-electron chi connectivity index (χ4n) is 2.76. The van der Waals surface area contributed by atoms with Crippen molar-refractivity contribution in [1.82, 2.24) is 9.97 Å². The van der Waals surface area contributed by atoms with Crippen molar-refractivity contribution in [3.63, 3.8) is 0 Å². The van der Waals surface area contributed by atoms with Crippen molar-refractivity contribution in [2.24, 2.45) is 0 Å². The number of thiophene rings is 1. The second-order valence-electron chi connectivity index (χ2n) is 5.45. The molecule has 1 aliphatic heterocycles. The fourth-order valence-corrected chi connectivity index (χ4v) is 4.45. The number of fused-ring (bicyclic) bond motifs is 2. The van der Waals surface area contributed by atoms with Crippen LogP contribution in [0, 0.1) is 6.92 Å². The van der Waals surface area contributed by atoms with E-state index in [9.17, 15) is 4.79 Å². The number of carbonyl (C=O) groups is 1. The Hall–Kier alpha value is -2.18. The zero-order chi connectivity index (χ0) is 16.7. The molecular formula is C18H15N3OS2. The molecule has 24 heavy (non-hydrogen) atoms. The van der Waals surface area contributed by atoms with Gasteiger partial charge in [0.05, 0.1) is 5.57 Å². The summed E-state index contributed by atoms with van der Waals surface area (Å²) < 4.78 is 1.23. The van der Waals surface area contributed by atoms with Crippen molar-refractivity contribution in [2.45, 2.75) is 19.0 Å².